The SMILES string of the molecule is COC(=O)C(Cc1ccc(-c2ccccc2)cc1)(OC[C@H]1O[C@@H](n2cnc3c(O)nc(Cl)nc32)[C@@H](F)[C@@H]1O)C(=O)O. The third kappa shape index (κ3) is 5.32. The molecule has 5 rings (SSSR count). The standard InChI is InChI=1S/C27H24ClFN4O8/c1-39-25(38)27(24(36)37,11-14-7-9-16(10-8-14)15-5-3-2-4-6-15)40-12-17-20(34)18(29)23(41-17)33-13-30-19-21(33)31-26(28)32-22(19)35/h2-10,13,17-18,20,23,34H,11-12H2,1H3,(H,36,37)(H,31,32,35)/t17-,18+,20-,23-,27?/m1/s1. The molecule has 14 heteroatoms. The minimum Gasteiger partial charge on any atom is -0.492 e. The molecule has 0 spiro atoms. The number of nitrogens with zero attached hydrogens (tertiary/aromatic N) is 4. The largest absolute Gasteiger partial charge is 0.492 e. The molecular formula is C27H24ClFN4O8. The number of hydrogen-bond acceptors (Lipinski definition) is 10. The van der Waals surface area contributed by atoms with Crippen LogP contribution in [0.15, 0.2) is 60.9 Å². The normalized spacial score (nSPS) is 22.0. The number of esters is 1. The first kappa shape index (κ1) is 28.4. The number of aliphatic carboxylic acids is 1. The molecule has 1 fully saturated rings. The van der Waals surface area contributed by atoms with Crippen LogP contribution in [0.25, 0.3) is 22.3 Å². The van der Waals surface area contributed by atoms with Crippen LogP contribution in [0.2, 0.25) is 5.28 Å². The number of halogens is 2. The van der Waals surface area contributed by atoms with Crippen LogP contribution < -0.4 is 0 Å². The maximum atomic E-state index is 15.2. The van der Waals surface area contributed by atoms with Crippen molar-refractivity contribution in [3.8, 4) is 17.0 Å². The first-order valence-corrected chi connectivity index (χ1v) is 12.7. The van der Waals surface area contributed by atoms with Gasteiger partial charge >= 0.3 is 11.9 Å². The van der Waals surface area contributed by atoms with Crippen LogP contribution in [0, 0.1) is 0 Å². The zero-order valence-corrected chi connectivity index (χ0v) is 22.2. The second kappa shape index (κ2) is 11.4. The van der Waals surface area contributed by atoms with E-state index in [0.717, 1.165) is 29.1 Å². The molecule has 1 unspecified atom stereocenters. The van der Waals surface area contributed by atoms with E-state index in [4.69, 9.17) is 25.8 Å². The smallest absolute Gasteiger partial charge is 0.350 e. The summed E-state index contributed by atoms with van der Waals surface area (Å²) >= 11 is 5.81. The number of methoxy groups -OCH3 is 1. The Morgan fingerprint density at radius 3 is 2.46 bits per heavy atom. The monoisotopic (exact) mass is 586 g/mol. The van der Waals surface area contributed by atoms with Gasteiger partial charge in [0.2, 0.25) is 11.2 Å². The molecule has 41 heavy (non-hydrogen) atoms. The molecule has 5 atom stereocenters. The third-order valence-electron chi connectivity index (χ3n) is 6.81. The average molecular weight is 587 g/mol. The zero-order chi connectivity index (χ0) is 29.3. The Morgan fingerprint density at radius 2 is 1.80 bits per heavy atom. The molecule has 0 amide bonds. The van der Waals surface area contributed by atoms with Crippen molar-refractivity contribution in [2.24, 2.45) is 0 Å². The Kier molecular flexibility index (Phi) is 7.87. The molecule has 3 heterocycles. The molecule has 0 radical (unpaired) electrons. The summed E-state index contributed by atoms with van der Waals surface area (Å²) in [5.74, 6) is -3.37. The molecule has 1 saturated heterocycles. The fourth-order valence-electron chi connectivity index (χ4n) is 4.66. The van der Waals surface area contributed by atoms with Gasteiger partial charge in [-0.05, 0) is 28.3 Å². The maximum Gasteiger partial charge on any atom is 0.350 e. The van der Waals surface area contributed by atoms with Crippen LogP contribution in [0.1, 0.15) is 11.8 Å². The van der Waals surface area contributed by atoms with Gasteiger partial charge in [-0.15, -0.1) is 0 Å². The molecule has 12 nitrogen and oxygen atoms in total. The van der Waals surface area contributed by atoms with Gasteiger partial charge in [-0.1, -0.05) is 54.6 Å². The minimum atomic E-state index is -2.52. The van der Waals surface area contributed by atoms with Crippen LogP contribution in [0.4, 0.5) is 4.39 Å². The summed E-state index contributed by atoms with van der Waals surface area (Å²) in [6.07, 6.45) is -6.01. The van der Waals surface area contributed by atoms with Crippen molar-refractivity contribution in [2.45, 2.75) is 36.6 Å². The van der Waals surface area contributed by atoms with Gasteiger partial charge < -0.3 is 29.5 Å². The van der Waals surface area contributed by atoms with Crippen LogP contribution in [-0.4, -0.2) is 84.5 Å². The van der Waals surface area contributed by atoms with Crippen molar-refractivity contribution in [2.75, 3.05) is 13.7 Å². The summed E-state index contributed by atoms with van der Waals surface area (Å²) < 4.78 is 32.4. The second-order valence-corrected chi connectivity index (χ2v) is 9.65. The number of carbonyl (C=O) groups excluding carboxylic acids is 1. The second-order valence-electron chi connectivity index (χ2n) is 9.31. The predicted octanol–water partition coefficient (Wildman–Crippen LogP) is 2.70. The Labute approximate surface area is 236 Å². The minimum absolute atomic E-state index is 0.0580. The molecule has 2 aromatic carbocycles. The van der Waals surface area contributed by atoms with E-state index in [0.29, 0.717) is 5.56 Å². The first-order valence-electron chi connectivity index (χ1n) is 12.3. The summed E-state index contributed by atoms with van der Waals surface area (Å²) in [4.78, 5) is 36.7. The van der Waals surface area contributed by atoms with E-state index in [1.807, 2.05) is 30.3 Å². The number of ether oxygens (including phenoxy) is 3. The average Bonchev–Trinajstić information content (AvgIpc) is 3.51. The van der Waals surface area contributed by atoms with E-state index in [1.54, 1.807) is 24.3 Å². The van der Waals surface area contributed by atoms with Crippen molar-refractivity contribution in [3.63, 3.8) is 0 Å². The summed E-state index contributed by atoms with van der Waals surface area (Å²) in [5.41, 5.74) is -0.378. The molecular weight excluding hydrogens is 563 g/mol. The number of carbonyl (C=O) groups is 2. The quantitative estimate of drug-likeness (QED) is 0.150. The molecule has 214 valence electrons. The highest BCUT2D eigenvalue weighted by molar-refractivity contribution is 6.28. The van der Waals surface area contributed by atoms with Gasteiger partial charge in [0, 0.05) is 6.42 Å². The van der Waals surface area contributed by atoms with Crippen molar-refractivity contribution in [1.82, 2.24) is 19.5 Å². The van der Waals surface area contributed by atoms with Gasteiger partial charge in [0.15, 0.2) is 23.6 Å². The fraction of sp³-hybridized carbons (Fsp3) is 0.296. The van der Waals surface area contributed by atoms with Crippen LogP contribution in [0.3, 0.4) is 0 Å². The highest BCUT2D eigenvalue weighted by Crippen LogP contribution is 2.36. The first-order chi connectivity index (χ1) is 19.6. The summed E-state index contributed by atoms with van der Waals surface area (Å²) in [5, 5.41) is 30.3. The lowest BCUT2D eigenvalue weighted by atomic mass is 9.92. The van der Waals surface area contributed by atoms with Crippen LogP contribution in [0.5, 0.6) is 5.88 Å². The molecule has 1 aliphatic rings. The number of imidazole rings is 1. The van der Waals surface area contributed by atoms with Gasteiger partial charge in [0.25, 0.3) is 5.60 Å². The van der Waals surface area contributed by atoms with Crippen molar-refractivity contribution >= 4 is 34.7 Å². The lowest BCUT2D eigenvalue weighted by molar-refractivity contribution is -0.192. The number of aromatic nitrogens is 4. The molecule has 1 aliphatic heterocycles. The Balaban J connectivity index is 1.37. The number of carboxylic acid groups (broad SMARTS) is 1. The topological polar surface area (TPSA) is 166 Å². The number of aliphatic hydroxyl groups excluding tert-OH is 1. The summed E-state index contributed by atoms with van der Waals surface area (Å²) in [6, 6.07) is 16.4. The lowest BCUT2D eigenvalue weighted by Crippen LogP contribution is -2.53. The molecule has 4 aromatic rings. The van der Waals surface area contributed by atoms with Crippen LogP contribution >= 0.6 is 11.6 Å². The van der Waals surface area contributed by atoms with Crippen molar-refractivity contribution in [1.29, 1.82) is 0 Å². The molecule has 2 aromatic heterocycles. The maximum absolute atomic E-state index is 15.2. The summed E-state index contributed by atoms with van der Waals surface area (Å²) in [7, 11) is 1.02. The number of rotatable bonds is 9. The number of fused-ring (bicyclic) bond motifs is 1. The van der Waals surface area contributed by atoms with Gasteiger partial charge in [0.05, 0.1) is 20.0 Å². The van der Waals surface area contributed by atoms with E-state index in [-0.39, 0.29) is 16.4 Å². The Hall–Kier alpha value is -4.17. The van der Waals surface area contributed by atoms with Gasteiger partial charge in [-0.25, -0.2) is 19.0 Å². The number of aliphatic hydroxyl groups is 1. The molecule has 0 aliphatic carbocycles. The van der Waals surface area contributed by atoms with Crippen LogP contribution in [-0.2, 0) is 30.2 Å². The van der Waals surface area contributed by atoms with E-state index in [2.05, 4.69) is 15.0 Å². The van der Waals surface area contributed by atoms with Gasteiger partial charge in [0.1, 0.15) is 12.2 Å². The lowest BCUT2D eigenvalue weighted by Gasteiger charge is -2.28. The van der Waals surface area contributed by atoms with Gasteiger partial charge in [-0.2, -0.15) is 9.97 Å². The highest BCUT2D eigenvalue weighted by atomic mass is 35.5. The van der Waals surface area contributed by atoms with E-state index >= 15 is 4.39 Å². The molecule has 0 saturated carbocycles. The Morgan fingerprint density at radius 1 is 1.12 bits per heavy atom. The number of benzene rings is 2. The van der Waals surface area contributed by atoms with Gasteiger partial charge in [-0.3, -0.25) is 4.57 Å². The molecule has 0 bridgehead atoms. The summed E-state index contributed by atoms with van der Waals surface area (Å²) in [6.45, 7) is -0.685. The van der Waals surface area contributed by atoms with E-state index in [9.17, 15) is 24.9 Å². The zero-order valence-electron chi connectivity index (χ0n) is 21.4. The van der Waals surface area contributed by atoms with Crippen molar-refractivity contribution in [3.05, 3.63) is 71.8 Å². The predicted molar refractivity (Wildman–Crippen MR) is 141 cm³/mol. The highest BCUT2D eigenvalue weighted by Gasteiger charge is 2.52. The molecule has 3 N–H and O–H groups in total. The third-order valence-corrected chi connectivity index (χ3v) is 6.98. The van der Waals surface area contributed by atoms with Crippen molar-refractivity contribution < 1.29 is 43.5 Å². The fourth-order valence-corrected chi connectivity index (χ4v) is 4.82. The Bertz CT molecular complexity index is 1570. The number of aromatic hydroxyl groups is 1. The number of hydrogen-bond donors (Lipinski definition) is 3. The van der Waals surface area contributed by atoms with E-state index < -0.39 is 61.1 Å². The number of alkyl halides is 1. The van der Waals surface area contributed by atoms with E-state index in [1.165, 1.54) is 0 Å². The number of carboxylic acids is 1.